The molecule has 0 unspecified atom stereocenters. The van der Waals surface area contributed by atoms with Gasteiger partial charge in [-0.05, 0) is 6.42 Å². The quantitative estimate of drug-likeness (QED) is 0.599. The number of carbonyl (C=O) groups excluding carboxylic acids is 1. The van der Waals surface area contributed by atoms with E-state index in [1.54, 1.807) is 17.0 Å². The molecule has 2 nitrogen and oxygen atoms in total. The van der Waals surface area contributed by atoms with E-state index < -0.39 is 0 Å². The molecule has 0 aliphatic carbocycles. The van der Waals surface area contributed by atoms with Crippen LogP contribution in [0.1, 0.15) is 12.0 Å². The Kier molecular flexibility index (Phi) is 4.10. The average molecular weight is 281 g/mol. The lowest BCUT2D eigenvalue weighted by molar-refractivity contribution is -0.124. The number of amides is 1. The zero-order chi connectivity index (χ0) is 13.1. The van der Waals surface area contributed by atoms with E-state index in [2.05, 4.69) is 18.7 Å². The highest BCUT2D eigenvalue weighted by atomic mass is 35.5. The molecule has 0 aromatic heterocycles. The topological polar surface area (TPSA) is 20.3 Å². The van der Waals surface area contributed by atoms with Crippen molar-refractivity contribution in [2.45, 2.75) is 6.42 Å². The molecule has 0 bridgehead atoms. The van der Waals surface area contributed by atoms with Crippen molar-refractivity contribution >= 4 is 34.7 Å². The van der Waals surface area contributed by atoms with Crippen LogP contribution in [0.25, 0.3) is 5.57 Å². The van der Waals surface area contributed by atoms with E-state index in [0.29, 0.717) is 34.3 Å². The lowest BCUT2D eigenvalue weighted by Gasteiger charge is -2.24. The van der Waals surface area contributed by atoms with E-state index in [-0.39, 0.29) is 5.91 Å². The molecule has 1 aromatic carbocycles. The summed E-state index contributed by atoms with van der Waals surface area (Å²) in [7, 11) is 0. The van der Waals surface area contributed by atoms with E-state index >= 15 is 0 Å². The van der Waals surface area contributed by atoms with Crippen molar-refractivity contribution in [1.29, 1.82) is 0 Å². The monoisotopic (exact) mass is 280 g/mol. The molecule has 0 saturated heterocycles. The number of halogens is 2. The Morgan fingerprint density at radius 2 is 2.17 bits per heavy atom. The van der Waals surface area contributed by atoms with Crippen molar-refractivity contribution in [2.75, 3.05) is 13.1 Å². The lowest BCUT2D eigenvalue weighted by Crippen LogP contribution is -2.34. The maximum absolute atomic E-state index is 12.2. The molecule has 1 radical (unpaired) electrons. The normalized spacial score (nSPS) is 14.7. The fourth-order valence-electron chi connectivity index (χ4n) is 1.82. The Hall–Kier alpha value is -1.25. The van der Waals surface area contributed by atoms with E-state index in [1.165, 1.54) is 0 Å². The Labute approximate surface area is 116 Å². The summed E-state index contributed by atoms with van der Waals surface area (Å²) in [6.45, 7) is 5.15. The summed E-state index contributed by atoms with van der Waals surface area (Å²) in [4.78, 5) is 14.0. The molecule has 93 valence electrons. The molecule has 0 fully saturated rings. The van der Waals surface area contributed by atoms with Gasteiger partial charge in [0.2, 0.25) is 0 Å². The molecule has 2 rings (SSSR count). The summed E-state index contributed by atoms with van der Waals surface area (Å²) in [5.74, 6) is -0.108. The first kappa shape index (κ1) is 13.2. The van der Waals surface area contributed by atoms with Crippen LogP contribution in [0.4, 0.5) is 0 Å². The van der Waals surface area contributed by atoms with Crippen molar-refractivity contribution in [3.63, 3.8) is 0 Å². The molecule has 1 aliphatic rings. The van der Waals surface area contributed by atoms with Crippen molar-refractivity contribution in [3.8, 4) is 0 Å². The van der Waals surface area contributed by atoms with Crippen LogP contribution in [-0.2, 0) is 4.79 Å². The van der Waals surface area contributed by atoms with Crippen molar-refractivity contribution in [2.24, 2.45) is 0 Å². The number of nitrogens with zero attached hydrogens (tertiary/aromatic N) is 1. The molecule has 4 heteroatoms. The zero-order valence-corrected chi connectivity index (χ0v) is 11.3. The van der Waals surface area contributed by atoms with Gasteiger partial charge in [-0.3, -0.25) is 4.79 Å². The molecule has 18 heavy (non-hydrogen) atoms. The summed E-state index contributed by atoms with van der Waals surface area (Å²) in [6.07, 6.45) is 4.91. The maximum Gasteiger partial charge on any atom is 0.254 e. The van der Waals surface area contributed by atoms with Crippen LogP contribution in [0, 0.1) is 6.07 Å². The van der Waals surface area contributed by atoms with E-state index in [4.69, 9.17) is 23.2 Å². The lowest BCUT2D eigenvalue weighted by atomic mass is 10.1. The smallest absolute Gasteiger partial charge is 0.254 e. The van der Waals surface area contributed by atoms with Gasteiger partial charge in [0.15, 0.2) is 0 Å². The fraction of sp³-hybridized carbons (Fsp3) is 0.214. The molecule has 0 atom stereocenters. The zero-order valence-electron chi connectivity index (χ0n) is 9.75. The van der Waals surface area contributed by atoms with E-state index in [1.807, 2.05) is 6.08 Å². The minimum atomic E-state index is -0.108. The summed E-state index contributed by atoms with van der Waals surface area (Å²) >= 11 is 11.9. The van der Waals surface area contributed by atoms with E-state index in [9.17, 15) is 4.79 Å². The molecule has 1 amide bonds. The summed E-state index contributed by atoms with van der Waals surface area (Å²) < 4.78 is 0. The number of hydrogen-bond acceptors (Lipinski definition) is 1. The predicted octanol–water partition coefficient (Wildman–Crippen LogP) is 3.60. The highest BCUT2D eigenvalue weighted by Crippen LogP contribution is 2.30. The van der Waals surface area contributed by atoms with Crippen LogP contribution in [-0.4, -0.2) is 23.9 Å². The average Bonchev–Trinajstić information content (AvgIpc) is 2.41. The summed E-state index contributed by atoms with van der Waals surface area (Å²) in [5, 5.41) is 0.631. The van der Waals surface area contributed by atoms with Crippen molar-refractivity contribution < 1.29 is 4.79 Å². The van der Waals surface area contributed by atoms with Gasteiger partial charge in [-0.25, -0.2) is 0 Å². The number of carbonyl (C=O) groups is 1. The standard InChI is InChI=1S/C14H12Cl2NO/c1-10(11-6-5-7-12(15)13(11)16)14(18)17-8-3-2-4-9-17/h2-3,5-6H,1,4,8-9H2. The first-order chi connectivity index (χ1) is 8.61. The highest BCUT2D eigenvalue weighted by molar-refractivity contribution is 6.44. The van der Waals surface area contributed by atoms with Crippen molar-refractivity contribution in [1.82, 2.24) is 4.90 Å². The van der Waals surface area contributed by atoms with Gasteiger partial charge < -0.3 is 4.90 Å². The van der Waals surface area contributed by atoms with Gasteiger partial charge in [0.05, 0.1) is 10.0 Å². The third kappa shape index (κ3) is 2.60. The third-order valence-electron chi connectivity index (χ3n) is 2.82. The molecular formula is C14H12Cl2NO. The molecule has 1 aromatic rings. The fourth-order valence-corrected chi connectivity index (χ4v) is 2.21. The highest BCUT2D eigenvalue weighted by Gasteiger charge is 2.20. The van der Waals surface area contributed by atoms with E-state index in [0.717, 1.165) is 6.42 Å². The molecule has 1 aliphatic heterocycles. The van der Waals surface area contributed by atoms with Gasteiger partial charge in [-0.15, -0.1) is 0 Å². The SMILES string of the molecule is C=C(C(=O)N1CC=CCC1)c1cc[c]c(Cl)c1Cl. The minimum Gasteiger partial charge on any atom is -0.335 e. The van der Waals surface area contributed by atoms with Crippen LogP contribution in [0.2, 0.25) is 10.0 Å². The van der Waals surface area contributed by atoms with Crippen LogP contribution >= 0.6 is 23.2 Å². The second kappa shape index (κ2) is 5.59. The van der Waals surface area contributed by atoms with Crippen molar-refractivity contribution in [3.05, 3.63) is 52.5 Å². The Morgan fingerprint density at radius 3 is 2.83 bits per heavy atom. The van der Waals surface area contributed by atoms with Crippen LogP contribution in [0.3, 0.4) is 0 Å². The van der Waals surface area contributed by atoms with Gasteiger partial charge in [-0.2, -0.15) is 0 Å². The first-order valence-electron chi connectivity index (χ1n) is 5.60. The van der Waals surface area contributed by atoms with Crippen LogP contribution in [0.15, 0.2) is 30.9 Å². The predicted molar refractivity (Wildman–Crippen MR) is 74.7 cm³/mol. The summed E-state index contributed by atoms with van der Waals surface area (Å²) in [5.41, 5.74) is 0.936. The van der Waals surface area contributed by atoms with Crippen LogP contribution in [0.5, 0.6) is 0 Å². The molecule has 0 N–H and O–H groups in total. The van der Waals surface area contributed by atoms with Gasteiger partial charge in [0.1, 0.15) is 0 Å². The minimum absolute atomic E-state index is 0.108. The first-order valence-corrected chi connectivity index (χ1v) is 6.36. The number of hydrogen-bond donors (Lipinski definition) is 0. The third-order valence-corrected chi connectivity index (χ3v) is 3.61. The van der Waals surface area contributed by atoms with Gasteiger partial charge in [-0.1, -0.05) is 54.1 Å². The van der Waals surface area contributed by atoms with Gasteiger partial charge in [0, 0.05) is 30.3 Å². The molecule has 1 heterocycles. The second-order valence-electron chi connectivity index (χ2n) is 4.01. The molecule has 0 spiro atoms. The Morgan fingerprint density at radius 1 is 1.39 bits per heavy atom. The van der Waals surface area contributed by atoms with Crippen LogP contribution < -0.4 is 0 Å². The molecule has 0 saturated carbocycles. The molecular weight excluding hydrogens is 269 g/mol. The second-order valence-corrected chi connectivity index (χ2v) is 4.77. The Balaban J connectivity index is 2.23. The maximum atomic E-state index is 12.2. The Bertz CT molecular complexity index is 523. The number of rotatable bonds is 2. The summed E-state index contributed by atoms with van der Waals surface area (Å²) in [6, 6.07) is 6.11. The largest absolute Gasteiger partial charge is 0.335 e. The van der Waals surface area contributed by atoms with Gasteiger partial charge in [0.25, 0.3) is 5.91 Å². The van der Waals surface area contributed by atoms with Gasteiger partial charge >= 0.3 is 0 Å². The number of benzene rings is 1.